The van der Waals surface area contributed by atoms with Crippen molar-refractivity contribution in [2.75, 3.05) is 13.2 Å². The van der Waals surface area contributed by atoms with Crippen molar-refractivity contribution in [3.8, 4) is 11.1 Å². The predicted octanol–water partition coefficient (Wildman–Crippen LogP) is 2.64. The summed E-state index contributed by atoms with van der Waals surface area (Å²) in [6.45, 7) is 3.91. The van der Waals surface area contributed by atoms with Crippen LogP contribution >= 0.6 is 0 Å². The summed E-state index contributed by atoms with van der Waals surface area (Å²) in [5, 5.41) is 15.3. The van der Waals surface area contributed by atoms with Gasteiger partial charge in [0.05, 0.1) is 29.8 Å². The van der Waals surface area contributed by atoms with Gasteiger partial charge in [0.15, 0.2) is 0 Å². The van der Waals surface area contributed by atoms with E-state index in [0.29, 0.717) is 25.8 Å². The third kappa shape index (κ3) is 7.26. The number of hydrogen-bond acceptors (Lipinski definition) is 5. The molecule has 2 aromatic carbocycles. The van der Waals surface area contributed by atoms with Crippen molar-refractivity contribution < 1.29 is 23.1 Å². The van der Waals surface area contributed by atoms with Crippen molar-refractivity contribution in [3.63, 3.8) is 0 Å². The zero-order valence-electron chi connectivity index (χ0n) is 19.0. The van der Waals surface area contributed by atoms with Gasteiger partial charge in [0.1, 0.15) is 0 Å². The topological polar surface area (TPSA) is 117 Å². The molecule has 0 bridgehead atoms. The molecule has 0 spiro atoms. The van der Waals surface area contributed by atoms with Crippen molar-refractivity contribution in [1.29, 1.82) is 0 Å². The second kappa shape index (κ2) is 11.6. The summed E-state index contributed by atoms with van der Waals surface area (Å²) in [5.41, 5.74) is 1.94. The summed E-state index contributed by atoms with van der Waals surface area (Å²) in [6.07, 6.45) is 0.945. The lowest BCUT2D eigenvalue weighted by Crippen LogP contribution is -2.51. The fourth-order valence-electron chi connectivity index (χ4n) is 3.86. The van der Waals surface area contributed by atoms with Crippen LogP contribution < -0.4 is 15.4 Å². The molecule has 0 aliphatic carbocycles. The molecule has 1 aliphatic rings. The first-order chi connectivity index (χ1) is 15.8. The largest absolute Gasteiger partial charge is 0.394 e. The summed E-state index contributed by atoms with van der Waals surface area (Å²) < 4.78 is 34.5. The van der Waals surface area contributed by atoms with E-state index in [2.05, 4.69) is 15.4 Å². The van der Waals surface area contributed by atoms with Gasteiger partial charge in [-0.1, -0.05) is 42.5 Å². The molecule has 4 N–H and O–H groups in total. The number of carbonyl (C=O) groups excluding carboxylic acids is 1. The highest BCUT2D eigenvalue weighted by molar-refractivity contribution is 7.89. The van der Waals surface area contributed by atoms with E-state index in [1.54, 1.807) is 24.3 Å². The summed E-state index contributed by atoms with van der Waals surface area (Å²) in [7, 11) is -3.77. The van der Waals surface area contributed by atoms with Gasteiger partial charge in [0.2, 0.25) is 10.0 Å². The number of aliphatic hydroxyl groups is 1. The number of sulfonamides is 1. The fourth-order valence-corrected chi connectivity index (χ4v) is 5.16. The number of amides is 2. The number of nitrogens with one attached hydrogen (secondary N) is 3. The number of carbonyl (C=O) groups is 1. The molecule has 1 aliphatic heterocycles. The van der Waals surface area contributed by atoms with Crippen molar-refractivity contribution in [2.24, 2.45) is 0 Å². The van der Waals surface area contributed by atoms with Gasteiger partial charge < -0.3 is 20.5 Å². The molecule has 1 heterocycles. The quantitative estimate of drug-likeness (QED) is 0.445. The maximum absolute atomic E-state index is 12.9. The molecule has 0 radical (unpaired) electrons. The zero-order valence-corrected chi connectivity index (χ0v) is 19.8. The van der Waals surface area contributed by atoms with Gasteiger partial charge in [-0.3, -0.25) is 0 Å². The number of urea groups is 1. The predicted molar refractivity (Wildman–Crippen MR) is 127 cm³/mol. The molecular weight excluding hydrogens is 442 g/mol. The number of hydrogen-bond donors (Lipinski definition) is 4. The minimum absolute atomic E-state index is 0.0537. The summed E-state index contributed by atoms with van der Waals surface area (Å²) >= 11 is 0. The van der Waals surface area contributed by atoms with Gasteiger partial charge in [-0.05, 0) is 56.4 Å². The van der Waals surface area contributed by atoms with Crippen LogP contribution in [0.1, 0.15) is 33.1 Å². The Morgan fingerprint density at radius 1 is 1.06 bits per heavy atom. The average molecular weight is 476 g/mol. The molecule has 33 heavy (non-hydrogen) atoms. The lowest BCUT2D eigenvalue weighted by molar-refractivity contribution is -0.0871. The van der Waals surface area contributed by atoms with Gasteiger partial charge in [0, 0.05) is 12.6 Å². The molecule has 180 valence electrons. The third-order valence-electron chi connectivity index (χ3n) is 5.55. The highest BCUT2D eigenvalue weighted by Crippen LogP contribution is 2.25. The Balaban J connectivity index is 1.55. The zero-order chi connectivity index (χ0) is 23.8. The Kier molecular flexibility index (Phi) is 8.85. The summed E-state index contributed by atoms with van der Waals surface area (Å²) in [5.74, 6) is 0. The molecular formula is C24H33N3O5S. The fraction of sp³-hybridized carbons (Fsp3) is 0.458. The molecule has 9 heteroatoms. The Labute approximate surface area is 195 Å². The van der Waals surface area contributed by atoms with E-state index in [1.165, 1.54) is 0 Å². The molecule has 1 fully saturated rings. The van der Waals surface area contributed by atoms with Crippen LogP contribution in [0.25, 0.3) is 11.1 Å². The molecule has 0 unspecified atom stereocenters. The smallest absolute Gasteiger partial charge is 0.314 e. The molecule has 2 aromatic rings. The highest BCUT2D eigenvalue weighted by Gasteiger charge is 2.33. The number of benzene rings is 2. The SMILES string of the molecule is CC(C)NC(=O)NCC[C@@H]1CC[C@H](NS(=O)(=O)c2ccc(-c3ccccc3)cc2)[C@H](CO)O1. The molecule has 0 aromatic heterocycles. The standard InChI is InChI=1S/C24H33N3O5S/c1-17(2)26-24(29)25-15-14-20-10-13-22(23(16-28)32-20)27-33(30,31)21-11-8-19(9-12-21)18-6-4-3-5-7-18/h3-9,11-12,17,20,22-23,27-28H,10,13-16H2,1-2H3,(H2,25,26,29)/t20-,22-,23-/m0/s1. The van der Waals surface area contributed by atoms with Crippen LogP contribution in [-0.2, 0) is 14.8 Å². The first-order valence-corrected chi connectivity index (χ1v) is 12.8. The Hall–Kier alpha value is -2.46. The van der Waals surface area contributed by atoms with Crippen LogP contribution in [-0.4, -0.2) is 57.0 Å². The normalized spacial score (nSPS) is 21.0. The van der Waals surface area contributed by atoms with Crippen LogP contribution in [0.2, 0.25) is 0 Å². The monoisotopic (exact) mass is 475 g/mol. The lowest BCUT2D eigenvalue weighted by Gasteiger charge is -2.36. The van der Waals surface area contributed by atoms with E-state index >= 15 is 0 Å². The molecule has 8 nitrogen and oxygen atoms in total. The Morgan fingerprint density at radius 3 is 2.36 bits per heavy atom. The summed E-state index contributed by atoms with van der Waals surface area (Å²) in [4.78, 5) is 11.8. The summed E-state index contributed by atoms with van der Waals surface area (Å²) in [6, 6.07) is 15.8. The van der Waals surface area contributed by atoms with E-state index < -0.39 is 22.2 Å². The van der Waals surface area contributed by atoms with Gasteiger partial charge in [-0.2, -0.15) is 0 Å². The van der Waals surface area contributed by atoms with Crippen LogP contribution in [0.15, 0.2) is 59.5 Å². The maximum Gasteiger partial charge on any atom is 0.314 e. The van der Waals surface area contributed by atoms with E-state index in [4.69, 9.17) is 4.74 Å². The van der Waals surface area contributed by atoms with Gasteiger partial charge >= 0.3 is 6.03 Å². The molecule has 3 rings (SSSR count). The first-order valence-electron chi connectivity index (χ1n) is 11.3. The number of ether oxygens (including phenoxy) is 1. The van der Waals surface area contributed by atoms with Gasteiger partial charge in [-0.25, -0.2) is 17.9 Å². The number of rotatable bonds is 9. The molecule has 1 saturated heterocycles. The highest BCUT2D eigenvalue weighted by atomic mass is 32.2. The Bertz CT molecular complexity index is 997. The van der Waals surface area contributed by atoms with Crippen molar-refractivity contribution in [2.45, 2.75) is 62.3 Å². The van der Waals surface area contributed by atoms with E-state index in [0.717, 1.165) is 11.1 Å². The molecule has 0 saturated carbocycles. The molecule has 2 amide bonds. The van der Waals surface area contributed by atoms with E-state index in [9.17, 15) is 18.3 Å². The van der Waals surface area contributed by atoms with Crippen molar-refractivity contribution >= 4 is 16.1 Å². The van der Waals surface area contributed by atoms with Crippen LogP contribution in [0.4, 0.5) is 4.79 Å². The first kappa shape index (κ1) is 25.2. The van der Waals surface area contributed by atoms with Gasteiger partial charge in [0.25, 0.3) is 0 Å². The van der Waals surface area contributed by atoms with Crippen LogP contribution in [0, 0.1) is 0 Å². The van der Waals surface area contributed by atoms with Crippen LogP contribution in [0.3, 0.4) is 0 Å². The minimum Gasteiger partial charge on any atom is -0.394 e. The average Bonchev–Trinajstić information content (AvgIpc) is 2.80. The van der Waals surface area contributed by atoms with Crippen molar-refractivity contribution in [1.82, 2.24) is 15.4 Å². The third-order valence-corrected chi connectivity index (χ3v) is 7.05. The van der Waals surface area contributed by atoms with E-state index in [1.807, 2.05) is 44.2 Å². The van der Waals surface area contributed by atoms with Crippen molar-refractivity contribution in [3.05, 3.63) is 54.6 Å². The number of aliphatic hydroxyl groups excluding tert-OH is 1. The van der Waals surface area contributed by atoms with Gasteiger partial charge in [-0.15, -0.1) is 0 Å². The second-order valence-electron chi connectivity index (χ2n) is 8.52. The lowest BCUT2D eigenvalue weighted by atomic mass is 9.98. The van der Waals surface area contributed by atoms with E-state index in [-0.39, 0.29) is 29.7 Å². The minimum atomic E-state index is -3.77. The maximum atomic E-state index is 12.9. The second-order valence-corrected chi connectivity index (χ2v) is 10.2. The molecule has 3 atom stereocenters. The van der Waals surface area contributed by atoms with Crippen LogP contribution in [0.5, 0.6) is 0 Å². The Morgan fingerprint density at radius 2 is 1.73 bits per heavy atom.